The number of rotatable bonds is 4. The molecule has 0 unspecified atom stereocenters. The Hall–Kier alpha value is -1.84. The van der Waals surface area contributed by atoms with Gasteiger partial charge in [-0.3, -0.25) is 4.79 Å². The van der Waals surface area contributed by atoms with Crippen LogP contribution in [0.2, 0.25) is 0 Å². The van der Waals surface area contributed by atoms with Crippen LogP contribution in [0.25, 0.3) is 0 Å². The summed E-state index contributed by atoms with van der Waals surface area (Å²) in [5, 5.41) is 15.3. The molecule has 1 saturated heterocycles. The molecular weight excluding hydrogens is 332 g/mol. The molecule has 1 fully saturated rings. The molecule has 0 spiro atoms. The van der Waals surface area contributed by atoms with Gasteiger partial charge in [0.2, 0.25) is 0 Å². The molecule has 5 nitrogen and oxygen atoms in total. The molecule has 1 aromatic carbocycles. The molecule has 0 bridgehead atoms. The van der Waals surface area contributed by atoms with Crippen molar-refractivity contribution < 1.29 is 4.79 Å². The summed E-state index contributed by atoms with van der Waals surface area (Å²) in [4.78, 5) is 13.9. The van der Waals surface area contributed by atoms with E-state index in [2.05, 4.69) is 26.6 Å². The van der Waals surface area contributed by atoms with E-state index >= 15 is 0 Å². The second-order valence-electron chi connectivity index (χ2n) is 4.72. The van der Waals surface area contributed by atoms with Crippen molar-refractivity contribution >= 4 is 21.8 Å². The Morgan fingerprint density at radius 2 is 2.05 bits per heavy atom. The van der Waals surface area contributed by atoms with Gasteiger partial charge in [-0.1, -0.05) is 28.1 Å². The lowest BCUT2D eigenvalue weighted by Crippen LogP contribution is -2.46. The maximum atomic E-state index is 12.2. The fourth-order valence-corrected chi connectivity index (χ4v) is 2.32. The molecule has 110 valence electrons. The van der Waals surface area contributed by atoms with E-state index in [0.717, 1.165) is 23.1 Å². The monoisotopic (exact) mass is 348 g/mol. The predicted molar refractivity (Wildman–Crippen MR) is 84.1 cm³/mol. The number of halogens is 1. The van der Waals surface area contributed by atoms with Crippen molar-refractivity contribution in [3.63, 3.8) is 0 Å². The third kappa shape index (κ3) is 4.59. The normalized spacial score (nSPS) is 15.4. The van der Waals surface area contributed by atoms with Gasteiger partial charge in [-0.15, -0.1) is 0 Å². The van der Waals surface area contributed by atoms with Gasteiger partial charge in [0.15, 0.2) is 0 Å². The standard InChI is InChI=1S/C15H17BrN4O/c16-14-3-1-12(2-4-14)10-19-11-13(9-17)15(21)20-7-5-18-6-8-20/h1-4,11,18-19H,5-8,10H2/b13-11-. The highest BCUT2D eigenvalue weighted by atomic mass is 79.9. The first-order chi connectivity index (χ1) is 10.2. The third-order valence-electron chi connectivity index (χ3n) is 3.22. The summed E-state index contributed by atoms with van der Waals surface area (Å²) < 4.78 is 1.02. The van der Waals surface area contributed by atoms with Crippen LogP contribution in [0, 0.1) is 11.3 Å². The Morgan fingerprint density at radius 1 is 1.38 bits per heavy atom. The fraction of sp³-hybridized carbons (Fsp3) is 0.333. The van der Waals surface area contributed by atoms with Crippen molar-refractivity contribution in [1.82, 2.24) is 15.5 Å². The molecule has 1 aromatic rings. The molecule has 0 aromatic heterocycles. The zero-order chi connectivity index (χ0) is 15.1. The number of carbonyl (C=O) groups is 1. The predicted octanol–water partition coefficient (Wildman–Crippen LogP) is 1.38. The highest BCUT2D eigenvalue weighted by Crippen LogP contribution is 2.10. The van der Waals surface area contributed by atoms with Crippen LogP contribution in [0.3, 0.4) is 0 Å². The maximum absolute atomic E-state index is 12.2. The summed E-state index contributed by atoms with van der Waals surface area (Å²) in [6.07, 6.45) is 1.51. The zero-order valence-corrected chi connectivity index (χ0v) is 13.2. The van der Waals surface area contributed by atoms with E-state index in [1.54, 1.807) is 4.90 Å². The van der Waals surface area contributed by atoms with Gasteiger partial charge in [0.1, 0.15) is 11.6 Å². The van der Waals surface area contributed by atoms with Crippen LogP contribution < -0.4 is 10.6 Å². The van der Waals surface area contributed by atoms with Crippen LogP contribution in [-0.4, -0.2) is 37.0 Å². The number of hydrogen-bond donors (Lipinski definition) is 2. The molecule has 2 rings (SSSR count). The zero-order valence-electron chi connectivity index (χ0n) is 11.6. The van der Waals surface area contributed by atoms with Crippen molar-refractivity contribution in [3.8, 4) is 6.07 Å². The highest BCUT2D eigenvalue weighted by molar-refractivity contribution is 9.10. The minimum Gasteiger partial charge on any atom is -0.386 e. The van der Waals surface area contributed by atoms with Gasteiger partial charge in [0, 0.05) is 43.4 Å². The van der Waals surface area contributed by atoms with E-state index in [1.807, 2.05) is 30.3 Å². The number of benzene rings is 1. The molecule has 1 aliphatic heterocycles. The van der Waals surface area contributed by atoms with Gasteiger partial charge < -0.3 is 15.5 Å². The SMILES string of the molecule is N#C/C(=C/NCc1ccc(Br)cc1)C(=O)N1CCNCC1. The minimum atomic E-state index is -0.206. The summed E-state index contributed by atoms with van der Waals surface area (Å²) in [7, 11) is 0. The largest absolute Gasteiger partial charge is 0.386 e. The summed E-state index contributed by atoms with van der Waals surface area (Å²) in [5.74, 6) is -0.206. The third-order valence-corrected chi connectivity index (χ3v) is 3.75. The molecule has 0 aliphatic carbocycles. The van der Waals surface area contributed by atoms with E-state index in [1.165, 1.54) is 6.20 Å². The summed E-state index contributed by atoms with van der Waals surface area (Å²) in [6.45, 7) is 3.41. The van der Waals surface area contributed by atoms with Gasteiger partial charge in [-0.2, -0.15) is 5.26 Å². The van der Waals surface area contributed by atoms with Crippen LogP contribution in [-0.2, 0) is 11.3 Å². The Balaban J connectivity index is 1.92. The molecule has 1 heterocycles. The van der Waals surface area contributed by atoms with Gasteiger partial charge in [0.05, 0.1) is 0 Å². The first kappa shape index (κ1) is 15.5. The smallest absolute Gasteiger partial charge is 0.266 e. The molecule has 0 atom stereocenters. The Labute approximate surface area is 132 Å². The Morgan fingerprint density at radius 3 is 2.67 bits per heavy atom. The van der Waals surface area contributed by atoms with Crippen LogP contribution in [0.4, 0.5) is 0 Å². The second kappa shape index (κ2) is 7.81. The summed E-state index contributed by atoms with van der Waals surface area (Å²) in [5.41, 5.74) is 1.23. The average Bonchev–Trinajstić information content (AvgIpc) is 2.53. The van der Waals surface area contributed by atoms with E-state index in [9.17, 15) is 4.79 Å². The number of piperazine rings is 1. The highest BCUT2D eigenvalue weighted by Gasteiger charge is 2.19. The summed E-state index contributed by atoms with van der Waals surface area (Å²) in [6, 6.07) is 9.85. The van der Waals surface area contributed by atoms with Crippen LogP contribution in [0.5, 0.6) is 0 Å². The molecule has 1 amide bonds. The van der Waals surface area contributed by atoms with E-state index in [-0.39, 0.29) is 11.5 Å². The van der Waals surface area contributed by atoms with Crippen LogP contribution in [0.15, 0.2) is 40.5 Å². The van der Waals surface area contributed by atoms with Crippen LogP contribution >= 0.6 is 15.9 Å². The van der Waals surface area contributed by atoms with E-state index in [0.29, 0.717) is 19.6 Å². The van der Waals surface area contributed by atoms with Gasteiger partial charge in [-0.25, -0.2) is 0 Å². The van der Waals surface area contributed by atoms with Gasteiger partial charge >= 0.3 is 0 Å². The van der Waals surface area contributed by atoms with Gasteiger partial charge in [0.25, 0.3) is 5.91 Å². The Kier molecular flexibility index (Phi) is 5.78. The molecule has 1 aliphatic rings. The van der Waals surface area contributed by atoms with Crippen molar-refractivity contribution in [2.45, 2.75) is 6.54 Å². The number of nitrogens with one attached hydrogen (secondary N) is 2. The van der Waals surface area contributed by atoms with Crippen molar-refractivity contribution in [1.29, 1.82) is 5.26 Å². The fourth-order valence-electron chi connectivity index (χ4n) is 2.05. The number of hydrogen-bond acceptors (Lipinski definition) is 4. The molecule has 2 N–H and O–H groups in total. The quantitative estimate of drug-likeness (QED) is 0.637. The van der Waals surface area contributed by atoms with Crippen molar-refractivity contribution in [3.05, 3.63) is 46.1 Å². The maximum Gasteiger partial charge on any atom is 0.266 e. The number of nitrogens with zero attached hydrogens (tertiary/aromatic N) is 2. The topological polar surface area (TPSA) is 68.2 Å². The molecule has 21 heavy (non-hydrogen) atoms. The molecule has 0 saturated carbocycles. The lowest BCUT2D eigenvalue weighted by atomic mass is 10.2. The number of nitriles is 1. The van der Waals surface area contributed by atoms with Gasteiger partial charge in [-0.05, 0) is 17.7 Å². The first-order valence-corrected chi connectivity index (χ1v) is 7.58. The first-order valence-electron chi connectivity index (χ1n) is 6.79. The van der Waals surface area contributed by atoms with Crippen molar-refractivity contribution in [2.24, 2.45) is 0 Å². The molecule has 6 heteroatoms. The summed E-state index contributed by atoms with van der Waals surface area (Å²) >= 11 is 3.38. The minimum absolute atomic E-state index is 0.147. The van der Waals surface area contributed by atoms with E-state index < -0.39 is 0 Å². The lowest BCUT2D eigenvalue weighted by molar-refractivity contribution is -0.127. The molecular formula is C15H17BrN4O. The second-order valence-corrected chi connectivity index (χ2v) is 5.64. The van der Waals surface area contributed by atoms with E-state index in [4.69, 9.17) is 5.26 Å². The number of amides is 1. The average molecular weight is 349 g/mol. The number of carbonyl (C=O) groups excluding carboxylic acids is 1. The Bertz CT molecular complexity index is 556. The molecule has 0 radical (unpaired) electrons. The van der Waals surface area contributed by atoms with Crippen LogP contribution in [0.1, 0.15) is 5.56 Å². The van der Waals surface area contributed by atoms with Crippen molar-refractivity contribution in [2.75, 3.05) is 26.2 Å². The lowest BCUT2D eigenvalue weighted by Gasteiger charge is -2.27.